The zero-order valence-corrected chi connectivity index (χ0v) is 15.9. The number of aliphatic carboxylic acids is 3. The first kappa shape index (κ1) is 21.4. The van der Waals surface area contributed by atoms with Crippen molar-refractivity contribution in [3.8, 4) is 5.75 Å². The van der Waals surface area contributed by atoms with Crippen molar-refractivity contribution in [1.82, 2.24) is 4.90 Å². The summed E-state index contributed by atoms with van der Waals surface area (Å²) >= 11 is 6.01. The maximum atomic E-state index is 12.6. The van der Waals surface area contributed by atoms with Gasteiger partial charge >= 0.3 is 17.9 Å². The summed E-state index contributed by atoms with van der Waals surface area (Å²) in [6.45, 7) is -0.518. The lowest BCUT2D eigenvalue weighted by atomic mass is 10.1. The molecule has 0 radical (unpaired) electrons. The molecule has 1 aromatic carbocycles. The Morgan fingerprint density at radius 3 is 2.54 bits per heavy atom. The van der Waals surface area contributed by atoms with Crippen LogP contribution in [-0.4, -0.2) is 61.0 Å². The van der Waals surface area contributed by atoms with E-state index in [0.717, 1.165) is 16.7 Å². The van der Waals surface area contributed by atoms with Gasteiger partial charge in [-0.05, 0) is 30.2 Å². The fourth-order valence-corrected chi connectivity index (χ4v) is 3.72. The molecule has 0 bridgehead atoms. The summed E-state index contributed by atoms with van der Waals surface area (Å²) < 4.78 is 5.10. The predicted molar refractivity (Wildman–Crippen MR) is 103 cm³/mol. The first-order valence-electron chi connectivity index (χ1n) is 7.85. The van der Waals surface area contributed by atoms with Gasteiger partial charge in [-0.15, -0.1) is 0 Å². The highest BCUT2D eigenvalue weighted by Gasteiger charge is 2.40. The number of carboxylic acids is 3. The zero-order valence-electron chi connectivity index (χ0n) is 14.2. The molecule has 1 aromatic rings. The molecule has 11 heteroatoms. The van der Waals surface area contributed by atoms with Crippen LogP contribution in [0.4, 0.5) is 0 Å². The Bertz CT molecular complexity index is 866. The number of rotatable bonds is 9. The molecule has 9 nitrogen and oxygen atoms in total. The summed E-state index contributed by atoms with van der Waals surface area (Å²) in [6.07, 6.45) is 0.780. The zero-order chi connectivity index (χ0) is 20.8. The topological polar surface area (TPSA) is 141 Å². The number of ether oxygens (including phenoxy) is 1. The lowest BCUT2D eigenvalue weighted by Gasteiger charge is -2.22. The van der Waals surface area contributed by atoms with Crippen LogP contribution in [-0.2, 0) is 19.2 Å². The largest absolute Gasteiger partial charge is 0.482 e. The molecular weight excluding hydrogens is 410 g/mol. The van der Waals surface area contributed by atoms with Crippen LogP contribution in [0.25, 0.3) is 6.08 Å². The predicted octanol–water partition coefficient (Wildman–Crippen LogP) is 1.67. The van der Waals surface area contributed by atoms with E-state index < -0.39 is 42.9 Å². The van der Waals surface area contributed by atoms with Crippen molar-refractivity contribution in [3.05, 3.63) is 34.7 Å². The monoisotopic (exact) mass is 425 g/mol. The number of benzene rings is 1. The molecule has 1 saturated heterocycles. The summed E-state index contributed by atoms with van der Waals surface area (Å²) in [5.41, 5.74) is 0.529. The SMILES string of the molecule is O=C(O)CCC(C(=O)O)N1C(=O)/C(=C/c2cccc(OCC(=O)O)c2)SC1=S. The molecule has 0 aromatic heterocycles. The van der Waals surface area contributed by atoms with Gasteiger partial charge < -0.3 is 20.1 Å². The molecule has 0 aliphatic carbocycles. The Labute approximate surface area is 168 Å². The number of carbonyl (C=O) groups is 4. The maximum absolute atomic E-state index is 12.6. The number of nitrogens with zero attached hydrogens (tertiary/aromatic N) is 1. The Kier molecular flexibility index (Phi) is 7.12. The second-order valence-corrected chi connectivity index (χ2v) is 7.27. The van der Waals surface area contributed by atoms with Crippen molar-refractivity contribution >= 4 is 58.2 Å². The van der Waals surface area contributed by atoms with Gasteiger partial charge in [-0.25, -0.2) is 9.59 Å². The molecule has 1 unspecified atom stereocenters. The summed E-state index contributed by atoms with van der Waals surface area (Å²) in [7, 11) is 0. The second-order valence-electron chi connectivity index (χ2n) is 5.59. The second kappa shape index (κ2) is 9.33. The Morgan fingerprint density at radius 2 is 1.93 bits per heavy atom. The highest BCUT2D eigenvalue weighted by Crippen LogP contribution is 2.35. The smallest absolute Gasteiger partial charge is 0.341 e. The van der Waals surface area contributed by atoms with Crippen molar-refractivity contribution in [3.63, 3.8) is 0 Å². The molecule has 0 saturated carbocycles. The van der Waals surface area contributed by atoms with Gasteiger partial charge in [0, 0.05) is 6.42 Å². The number of hydrogen-bond donors (Lipinski definition) is 3. The molecule has 3 N–H and O–H groups in total. The van der Waals surface area contributed by atoms with Crippen LogP contribution in [0, 0.1) is 0 Å². The standard InChI is InChI=1S/C17H15NO8S2/c19-13(20)5-4-11(16(24)25)18-15(23)12(28-17(18)27)7-9-2-1-3-10(6-9)26-8-14(21)22/h1-3,6-7,11H,4-5,8H2,(H,19,20)(H,21,22)(H,24,25)/b12-7-. The molecule has 148 valence electrons. The normalized spacial score (nSPS) is 16.3. The Morgan fingerprint density at radius 1 is 1.21 bits per heavy atom. The minimum atomic E-state index is -1.38. The van der Waals surface area contributed by atoms with Crippen LogP contribution in [0.1, 0.15) is 18.4 Å². The number of amides is 1. The summed E-state index contributed by atoms with van der Waals surface area (Å²) in [5, 5.41) is 26.8. The molecule has 2 rings (SSSR count). The van der Waals surface area contributed by atoms with Crippen molar-refractivity contribution in [2.75, 3.05) is 6.61 Å². The summed E-state index contributed by atoms with van der Waals surface area (Å²) in [4.78, 5) is 46.5. The van der Waals surface area contributed by atoms with Gasteiger partial charge in [0.05, 0.1) is 4.91 Å². The van der Waals surface area contributed by atoms with Crippen LogP contribution in [0.3, 0.4) is 0 Å². The number of thioether (sulfide) groups is 1. The van der Waals surface area contributed by atoms with E-state index in [-0.39, 0.29) is 21.4 Å². The van der Waals surface area contributed by atoms with Gasteiger partial charge in [0.25, 0.3) is 5.91 Å². The van der Waals surface area contributed by atoms with E-state index in [9.17, 15) is 24.3 Å². The van der Waals surface area contributed by atoms with Crippen LogP contribution < -0.4 is 4.74 Å². The van der Waals surface area contributed by atoms with E-state index in [0.29, 0.717) is 5.56 Å². The Hall–Kier alpha value is -2.92. The van der Waals surface area contributed by atoms with E-state index in [1.807, 2.05) is 0 Å². The van der Waals surface area contributed by atoms with E-state index in [1.165, 1.54) is 12.1 Å². The lowest BCUT2D eigenvalue weighted by molar-refractivity contribution is -0.146. The number of thiocarbonyl (C=S) groups is 1. The van der Waals surface area contributed by atoms with Gasteiger partial charge in [-0.3, -0.25) is 14.5 Å². The molecule has 1 aliphatic heterocycles. The molecule has 1 aliphatic rings. The van der Waals surface area contributed by atoms with Crippen LogP contribution >= 0.6 is 24.0 Å². The van der Waals surface area contributed by atoms with Crippen LogP contribution in [0.5, 0.6) is 5.75 Å². The first-order chi connectivity index (χ1) is 13.2. The van der Waals surface area contributed by atoms with Gasteiger partial charge in [0.15, 0.2) is 6.61 Å². The van der Waals surface area contributed by atoms with Crippen molar-refractivity contribution < 1.29 is 39.2 Å². The third-order valence-electron chi connectivity index (χ3n) is 3.57. The quantitative estimate of drug-likeness (QED) is 0.395. The van der Waals surface area contributed by atoms with E-state index in [2.05, 4.69) is 0 Å². The third kappa shape index (κ3) is 5.54. The molecule has 1 fully saturated rings. The summed E-state index contributed by atoms with van der Waals surface area (Å²) in [5.74, 6) is -4.00. The highest BCUT2D eigenvalue weighted by molar-refractivity contribution is 8.26. The van der Waals surface area contributed by atoms with Gasteiger partial charge in [0.1, 0.15) is 16.1 Å². The Balaban J connectivity index is 2.22. The molecule has 1 heterocycles. The average Bonchev–Trinajstić information content (AvgIpc) is 2.87. The van der Waals surface area contributed by atoms with Crippen LogP contribution in [0.2, 0.25) is 0 Å². The molecule has 28 heavy (non-hydrogen) atoms. The molecule has 0 spiro atoms. The van der Waals surface area contributed by atoms with E-state index in [4.69, 9.17) is 27.2 Å². The lowest BCUT2D eigenvalue weighted by Crippen LogP contribution is -2.44. The van der Waals surface area contributed by atoms with E-state index >= 15 is 0 Å². The first-order valence-corrected chi connectivity index (χ1v) is 9.08. The summed E-state index contributed by atoms with van der Waals surface area (Å²) in [6, 6.07) is 4.96. The fraction of sp³-hybridized carbons (Fsp3) is 0.235. The van der Waals surface area contributed by atoms with Crippen molar-refractivity contribution in [2.45, 2.75) is 18.9 Å². The molecule has 1 amide bonds. The number of carboxylic acid groups (broad SMARTS) is 3. The average molecular weight is 425 g/mol. The van der Waals surface area contributed by atoms with Gasteiger partial charge in [-0.1, -0.05) is 36.1 Å². The molecular formula is C17H15NO8S2. The number of carbonyl (C=O) groups excluding carboxylic acids is 1. The third-order valence-corrected chi connectivity index (χ3v) is 4.90. The van der Waals surface area contributed by atoms with Gasteiger partial charge in [-0.2, -0.15) is 0 Å². The minimum absolute atomic E-state index is 0.0207. The van der Waals surface area contributed by atoms with E-state index in [1.54, 1.807) is 18.2 Å². The maximum Gasteiger partial charge on any atom is 0.341 e. The molecule has 1 atom stereocenters. The van der Waals surface area contributed by atoms with Crippen LogP contribution in [0.15, 0.2) is 29.2 Å². The van der Waals surface area contributed by atoms with Gasteiger partial charge in [0.2, 0.25) is 0 Å². The van der Waals surface area contributed by atoms with Crippen molar-refractivity contribution in [1.29, 1.82) is 0 Å². The van der Waals surface area contributed by atoms with Crippen molar-refractivity contribution in [2.24, 2.45) is 0 Å². The minimum Gasteiger partial charge on any atom is -0.482 e. The highest BCUT2D eigenvalue weighted by atomic mass is 32.2. The number of hydrogen-bond acceptors (Lipinski definition) is 7. The fourth-order valence-electron chi connectivity index (χ4n) is 2.36.